The molecule has 5 atom stereocenters. The van der Waals surface area contributed by atoms with Crippen molar-refractivity contribution in [3.05, 3.63) is 48.0 Å². The van der Waals surface area contributed by atoms with E-state index in [2.05, 4.69) is 10.3 Å². The fourth-order valence-electron chi connectivity index (χ4n) is 3.53. The number of aryl methyl sites for hydroxylation is 2. The Kier molecular flexibility index (Phi) is 6.84. The first-order chi connectivity index (χ1) is 15.5. The molecule has 1 fully saturated rings. The molecule has 0 aliphatic carbocycles. The second-order valence-corrected chi connectivity index (χ2v) is 7.41. The molecular weight excluding hydrogens is 422 g/mol. The SMILES string of the molecule is COc1ccc(CCn2nnc3cccc(OO[C@H]4C(O)O[C@H](CO)[C@@H](O)[C@@H]4O)c32)cc1. The van der Waals surface area contributed by atoms with Gasteiger partial charge in [-0.1, -0.05) is 23.4 Å². The normalized spacial score (nSPS) is 25.7. The predicted octanol–water partition coefficient (Wildman–Crippen LogP) is -0.207. The lowest BCUT2D eigenvalue weighted by Crippen LogP contribution is -2.59. The molecule has 32 heavy (non-hydrogen) atoms. The zero-order chi connectivity index (χ0) is 22.7. The summed E-state index contributed by atoms with van der Waals surface area (Å²) in [4.78, 5) is 10.6. The van der Waals surface area contributed by atoms with Crippen molar-refractivity contribution in [2.24, 2.45) is 0 Å². The van der Waals surface area contributed by atoms with Gasteiger partial charge in [0.05, 0.1) is 13.7 Å². The molecule has 11 heteroatoms. The van der Waals surface area contributed by atoms with E-state index < -0.39 is 37.3 Å². The number of nitrogens with zero attached hydrogens (tertiary/aromatic N) is 3. The third kappa shape index (κ3) is 4.53. The lowest BCUT2D eigenvalue weighted by Gasteiger charge is -2.38. The zero-order valence-electron chi connectivity index (χ0n) is 17.3. The van der Waals surface area contributed by atoms with Gasteiger partial charge >= 0.3 is 0 Å². The number of ether oxygens (including phenoxy) is 2. The molecule has 2 heterocycles. The number of fused-ring (bicyclic) bond motifs is 1. The molecule has 0 spiro atoms. The topological polar surface area (TPSA) is 149 Å². The number of para-hydroxylation sites is 1. The summed E-state index contributed by atoms with van der Waals surface area (Å²) in [7, 11) is 1.61. The summed E-state index contributed by atoms with van der Waals surface area (Å²) in [6, 6.07) is 12.8. The minimum atomic E-state index is -1.61. The van der Waals surface area contributed by atoms with Gasteiger partial charge in [-0.15, -0.1) is 5.10 Å². The Morgan fingerprint density at radius 2 is 1.84 bits per heavy atom. The smallest absolute Gasteiger partial charge is 0.192 e. The molecule has 1 saturated heterocycles. The Morgan fingerprint density at radius 1 is 1.06 bits per heavy atom. The summed E-state index contributed by atoms with van der Waals surface area (Å²) in [5, 5.41) is 47.8. The Balaban J connectivity index is 1.48. The molecule has 0 amide bonds. The average Bonchev–Trinajstić information content (AvgIpc) is 3.24. The highest BCUT2D eigenvalue weighted by Crippen LogP contribution is 2.27. The minimum absolute atomic E-state index is 0.264. The van der Waals surface area contributed by atoms with Gasteiger partial charge in [0.1, 0.15) is 35.1 Å². The Labute approximate surface area is 183 Å². The first-order valence-electron chi connectivity index (χ1n) is 10.1. The standard InChI is InChI=1S/C21H25N3O8/c1-29-13-7-5-12(6-8-13)9-10-24-17-14(22-23-24)3-2-4-15(17)31-32-20-19(27)18(26)16(11-25)30-21(20)28/h2-8,16,18-21,25-28H,9-11H2,1H3/t16-,18-,19+,20-,21?/m1/s1. The van der Waals surface area contributed by atoms with Gasteiger partial charge < -0.3 is 34.8 Å². The van der Waals surface area contributed by atoms with Gasteiger partial charge in [0.15, 0.2) is 18.1 Å². The van der Waals surface area contributed by atoms with E-state index in [1.807, 2.05) is 24.3 Å². The van der Waals surface area contributed by atoms with Crippen LogP contribution < -0.4 is 9.62 Å². The van der Waals surface area contributed by atoms with Crippen molar-refractivity contribution >= 4 is 11.0 Å². The van der Waals surface area contributed by atoms with Gasteiger partial charge in [-0.3, -0.25) is 0 Å². The van der Waals surface area contributed by atoms with E-state index >= 15 is 0 Å². The Hall–Kier alpha value is -2.80. The van der Waals surface area contributed by atoms with E-state index in [9.17, 15) is 20.4 Å². The van der Waals surface area contributed by atoms with Crippen LogP contribution in [0.25, 0.3) is 11.0 Å². The van der Waals surface area contributed by atoms with Crippen LogP contribution in [-0.2, 0) is 22.6 Å². The van der Waals surface area contributed by atoms with Gasteiger partial charge in [-0.2, -0.15) is 4.89 Å². The number of rotatable bonds is 8. The minimum Gasteiger partial charge on any atom is -0.497 e. The maximum absolute atomic E-state index is 10.2. The van der Waals surface area contributed by atoms with Crippen molar-refractivity contribution in [2.75, 3.05) is 13.7 Å². The van der Waals surface area contributed by atoms with Crippen molar-refractivity contribution in [2.45, 2.75) is 43.7 Å². The Bertz CT molecular complexity index is 1030. The van der Waals surface area contributed by atoms with Crippen LogP contribution in [0.3, 0.4) is 0 Å². The first kappa shape index (κ1) is 22.4. The molecule has 0 saturated carbocycles. The van der Waals surface area contributed by atoms with Crippen LogP contribution in [0.15, 0.2) is 42.5 Å². The lowest BCUT2D eigenvalue weighted by molar-refractivity contribution is -0.364. The number of aromatic nitrogens is 3. The molecule has 0 bridgehead atoms. The molecule has 11 nitrogen and oxygen atoms in total. The fraction of sp³-hybridized carbons (Fsp3) is 0.429. The third-order valence-electron chi connectivity index (χ3n) is 5.36. The second-order valence-electron chi connectivity index (χ2n) is 7.41. The van der Waals surface area contributed by atoms with Crippen LogP contribution >= 0.6 is 0 Å². The molecule has 2 aromatic carbocycles. The van der Waals surface area contributed by atoms with Crippen molar-refractivity contribution in [1.29, 1.82) is 0 Å². The summed E-state index contributed by atoms with van der Waals surface area (Å²) in [5.41, 5.74) is 2.22. The summed E-state index contributed by atoms with van der Waals surface area (Å²) < 4.78 is 11.9. The van der Waals surface area contributed by atoms with Crippen molar-refractivity contribution in [3.63, 3.8) is 0 Å². The van der Waals surface area contributed by atoms with Gasteiger partial charge in [0, 0.05) is 6.54 Å². The molecule has 4 rings (SSSR count). The Morgan fingerprint density at radius 3 is 2.56 bits per heavy atom. The lowest BCUT2D eigenvalue weighted by atomic mass is 9.99. The van der Waals surface area contributed by atoms with Crippen molar-refractivity contribution in [3.8, 4) is 11.5 Å². The molecule has 0 radical (unpaired) electrons. The number of aliphatic hydroxyl groups is 4. The molecule has 1 aliphatic rings. The fourth-order valence-corrected chi connectivity index (χ4v) is 3.53. The number of aliphatic hydroxyl groups excluding tert-OH is 4. The van der Waals surface area contributed by atoms with E-state index in [-0.39, 0.29) is 5.75 Å². The third-order valence-corrected chi connectivity index (χ3v) is 5.36. The summed E-state index contributed by atoms with van der Waals surface area (Å²) in [6.45, 7) is -0.0564. The maximum atomic E-state index is 10.2. The number of benzene rings is 2. The van der Waals surface area contributed by atoms with E-state index in [0.29, 0.717) is 24.0 Å². The summed E-state index contributed by atoms with van der Waals surface area (Å²) in [5.74, 6) is 1.04. The largest absolute Gasteiger partial charge is 0.497 e. The molecule has 1 aliphatic heterocycles. The number of hydrogen-bond acceptors (Lipinski definition) is 10. The maximum Gasteiger partial charge on any atom is 0.192 e. The highest BCUT2D eigenvalue weighted by molar-refractivity contribution is 5.81. The summed E-state index contributed by atoms with van der Waals surface area (Å²) >= 11 is 0. The molecule has 1 unspecified atom stereocenters. The highest BCUT2D eigenvalue weighted by atomic mass is 17.2. The van der Waals surface area contributed by atoms with Crippen LogP contribution in [0, 0.1) is 0 Å². The van der Waals surface area contributed by atoms with Crippen LogP contribution in [0.1, 0.15) is 5.56 Å². The van der Waals surface area contributed by atoms with Crippen LogP contribution in [0.2, 0.25) is 0 Å². The average molecular weight is 447 g/mol. The first-order valence-corrected chi connectivity index (χ1v) is 10.1. The molecular formula is C21H25N3O8. The summed E-state index contributed by atoms with van der Waals surface area (Å²) in [6.07, 6.45) is -6.44. The van der Waals surface area contributed by atoms with Crippen LogP contribution in [0.5, 0.6) is 11.5 Å². The zero-order valence-corrected chi connectivity index (χ0v) is 17.3. The number of hydrogen-bond donors (Lipinski definition) is 4. The molecule has 3 aromatic rings. The molecule has 172 valence electrons. The molecule has 1 aromatic heterocycles. The predicted molar refractivity (Wildman–Crippen MR) is 110 cm³/mol. The van der Waals surface area contributed by atoms with Gasteiger partial charge in [-0.05, 0) is 36.2 Å². The van der Waals surface area contributed by atoms with Crippen molar-refractivity contribution in [1.82, 2.24) is 15.0 Å². The monoisotopic (exact) mass is 447 g/mol. The quantitative estimate of drug-likeness (QED) is 0.270. The van der Waals surface area contributed by atoms with E-state index in [0.717, 1.165) is 11.3 Å². The van der Waals surface area contributed by atoms with E-state index in [1.165, 1.54) is 0 Å². The number of methoxy groups -OCH3 is 1. The highest BCUT2D eigenvalue weighted by Gasteiger charge is 2.45. The van der Waals surface area contributed by atoms with Crippen LogP contribution in [-0.4, -0.2) is 79.8 Å². The van der Waals surface area contributed by atoms with Crippen molar-refractivity contribution < 1.29 is 39.7 Å². The van der Waals surface area contributed by atoms with Gasteiger partial charge in [0.25, 0.3) is 0 Å². The van der Waals surface area contributed by atoms with Gasteiger partial charge in [0.2, 0.25) is 0 Å². The van der Waals surface area contributed by atoms with Gasteiger partial charge in [-0.25, -0.2) is 4.68 Å². The molecule has 4 N–H and O–H groups in total. The second kappa shape index (κ2) is 9.77. The van der Waals surface area contributed by atoms with E-state index in [4.69, 9.17) is 19.2 Å². The van der Waals surface area contributed by atoms with E-state index in [1.54, 1.807) is 30.0 Å². The van der Waals surface area contributed by atoms with Crippen LogP contribution in [0.4, 0.5) is 0 Å².